The SMILES string of the molecule is CCOC(=O)C12CCCC1=CC(=O)CC2.COC(=O)C12CCCC1=CC(=O)CC2. The molecule has 0 aromatic carbocycles. The van der Waals surface area contributed by atoms with E-state index in [9.17, 15) is 19.2 Å². The fourth-order valence-corrected chi connectivity index (χ4v) is 5.29. The third-order valence-electron chi connectivity index (χ3n) is 6.84. The number of methoxy groups -OCH3 is 1. The minimum atomic E-state index is -0.442. The topological polar surface area (TPSA) is 86.7 Å². The Morgan fingerprint density at radius 2 is 1.31 bits per heavy atom. The maximum atomic E-state index is 11.9. The second-order valence-electron chi connectivity index (χ2n) is 8.36. The summed E-state index contributed by atoms with van der Waals surface area (Å²) in [5, 5.41) is 0. The van der Waals surface area contributed by atoms with Crippen molar-refractivity contribution in [1.82, 2.24) is 0 Å². The first-order valence-corrected chi connectivity index (χ1v) is 10.6. The number of ketones is 2. The summed E-state index contributed by atoms with van der Waals surface area (Å²) in [5.74, 6) is 0.0308. The van der Waals surface area contributed by atoms with E-state index in [1.807, 2.05) is 6.92 Å². The largest absolute Gasteiger partial charge is 0.468 e. The van der Waals surface area contributed by atoms with Gasteiger partial charge >= 0.3 is 11.9 Å². The normalized spacial score (nSPS) is 30.3. The second-order valence-corrected chi connectivity index (χ2v) is 8.36. The van der Waals surface area contributed by atoms with Crippen LogP contribution in [0.5, 0.6) is 0 Å². The first-order chi connectivity index (χ1) is 13.9. The number of carbonyl (C=O) groups is 4. The summed E-state index contributed by atoms with van der Waals surface area (Å²) in [7, 11) is 1.42. The first kappa shape index (κ1) is 21.5. The smallest absolute Gasteiger partial charge is 0.316 e. The van der Waals surface area contributed by atoms with Crippen molar-refractivity contribution in [3.63, 3.8) is 0 Å². The summed E-state index contributed by atoms with van der Waals surface area (Å²) in [6, 6.07) is 0. The highest BCUT2D eigenvalue weighted by Crippen LogP contribution is 2.50. The molecule has 6 nitrogen and oxygen atoms in total. The third-order valence-corrected chi connectivity index (χ3v) is 6.84. The van der Waals surface area contributed by atoms with Crippen molar-refractivity contribution >= 4 is 23.5 Å². The van der Waals surface area contributed by atoms with Gasteiger partial charge in [-0.15, -0.1) is 0 Å². The van der Waals surface area contributed by atoms with Gasteiger partial charge in [0.2, 0.25) is 0 Å². The van der Waals surface area contributed by atoms with Crippen molar-refractivity contribution in [2.45, 2.75) is 71.1 Å². The number of hydrogen-bond donors (Lipinski definition) is 0. The molecule has 0 saturated heterocycles. The second kappa shape index (κ2) is 8.64. The maximum absolute atomic E-state index is 11.9. The molecule has 2 fully saturated rings. The van der Waals surface area contributed by atoms with Crippen LogP contribution in [-0.4, -0.2) is 37.2 Å². The van der Waals surface area contributed by atoms with Crippen LogP contribution >= 0.6 is 0 Å². The lowest BCUT2D eigenvalue weighted by atomic mass is 9.74. The van der Waals surface area contributed by atoms with Crippen molar-refractivity contribution in [3.05, 3.63) is 23.3 Å². The fourth-order valence-electron chi connectivity index (χ4n) is 5.29. The van der Waals surface area contributed by atoms with Gasteiger partial charge in [0.15, 0.2) is 11.6 Å². The Kier molecular flexibility index (Phi) is 6.39. The van der Waals surface area contributed by atoms with Crippen LogP contribution in [0.1, 0.15) is 71.1 Å². The van der Waals surface area contributed by atoms with Gasteiger partial charge in [0, 0.05) is 12.8 Å². The number of rotatable bonds is 3. The van der Waals surface area contributed by atoms with E-state index >= 15 is 0 Å². The quantitative estimate of drug-likeness (QED) is 0.670. The van der Waals surface area contributed by atoms with Gasteiger partial charge in [-0.05, 0) is 81.6 Å². The van der Waals surface area contributed by atoms with Crippen LogP contribution in [0.25, 0.3) is 0 Å². The summed E-state index contributed by atoms with van der Waals surface area (Å²) in [6.07, 6.45) is 11.0. The molecule has 2 saturated carbocycles. The van der Waals surface area contributed by atoms with E-state index in [0.717, 1.165) is 49.7 Å². The molecule has 0 aliphatic heterocycles. The van der Waals surface area contributed by atoms with Gasteiger partial charge in [0.05, 0.1) is 24.5 Å². The zero-order valence-electron chi connectivity index (χ0n) is 17.4. The highest BCUT2D eigenvalue weighted by atomic mass is 16.5. The van der Waals surface area contributed by atoms with Crippen molar-refractivity contribution in [3.8, 4) is 0 Å². The van der Waals surface area contributed by atoms with Gasteiger partial charge in [-0.1, -0.05) is 0 Å². The lowest BCUT2D eigenvalue weighted by Gasteiger charge is -2.30. The van der Waals surface area contributed by atoms with Crippen molar-refractivity contribution in [2.24, 2.45) is 10.8 Å². The molecular formula is C23H30O6. The highest BCUT2D eigenvalue weighted by Gasteiger charge is 2.49. The van der Waals surface area contributed by atoms with Crippen LogP contribution < -0.4 is 0 Å². The number of ether oxygens (including phenoxy) is 2. The van der Waals surface area contributed by atoms with Gasteiger partial charge in [-0.3, -0.25) is 19.2 Å². The van der Waals surface area contributed by atoms with Gasteiger partial charge in [-0.25, -0.2) is 0 Å². The van der Waals surface area contributed by atoms with Crippen LogP contribution in [0, 0.1) is 10.8 Å². The molecule has 0 amide bonds. The predicted molar refractivity (Wildman–Crippen MR) is 106 cm³/mol. The molecule has 4 rings (SSSR count). The number of esters is 2. The van der Waals surface area contributed by atoms with E-state index in [1.165, 1.54) is 7.11 Å². The van der Waals surface area contributed by atoms with Crippen molar-refractivity contribution < 1.29 is 28.7 Å². The molecule has 6 heteroatoms. The van der Waals surface area contributed by atoms with Crippen molar-refractivity contribution in [1.29, 1.82) is 0 Å². The molecular weight excluding hydrogens is 372 g/mol. The average Bonchev–Trinajstić information content (AvgIpc) is 3.32. The Bertz CT molecular complexity index is 776. The molecule has 4 aliphatic carbocycles. The van der Waals surface area contributed by atoms with E-state index in [4.69, 9.17) is 9.47 Å². The Labute approximate surface area is 171 Å². The molecule has 0 bridgehead atoms. The van der Waals surface area contributed by atoms with E-state index < -0.39 is 10.8 Å². The Morgan fingerprint density at radius 3 is 1.76 bits per heavy atom. The minimum Gasteiger partial charge on any atom is -0.468 e. The summed E-state index contributed by atoms with van der Waals surface area (Å²) >= 11 is 0. The van der Waals surface area contributed by atoms with Crippen molar-refractivity contribution in [2.75, 3.05) is 13.7 Å². The summed E-state index contributed by atoms with van der Waals surface area (Å²) in [6.45, 7) is 2.24. The summed E-state index contributed by atoms with van der Waals surface area (Å²) in [4.78, 5) is 46.2. The summed E-state index contributed by atoms with van der Waals surface area (Å²) in [5.41, 5.74) is 1.13. The maximum Gasteiger partial charge on any atom is 0.316 e. The summed E-state index contributed by atoms with van der Waals surface area (Å²) < 4.78 is 9.97. The van der Waals surface area contributed by atoms with Crippen LogP contribution in [0.2, 0.25) is 0 Å². The molecule has 0 aromatic heterocycles. The molecule has 0 radical (unpaired) electrons. The van der Waals surface area contributed by atoms with Crippen LogP contribution in [0.15, 0.2) is 23.3 Å². The van der Waals surface area contributed by atoms with Gasteiger partial charge < -0.3 is 9.47 Å². The molecule has 0 heterocycles. The Hall–Kier alpha value is -2.24. The number of hydrogen-bond acceptors (Lipinski definition) is 6. The van der Waals surface area contributed by atoms with E-state index in [-0.39, 0.29) is 23.5 Å². The number of carbonyl (C=O) groups excluding carboxylic acids is 4. The van der Waals surface area contributed by atoms with Gasteiger partial charge in [-0.2, -0.15) is 0 Å². The van der Waals surface area contributed by atoms with Gasteiger partial charge in [0.25, 0.3) is 0 Å². The molecule has 158 valence electrons. The molecule has 4 aliphatic rings. The van der Waals surface area contributed by atoms with Crippen LogP contribution in [0.4, 0.5) is 0 Å². The molecule has 29 heavy (non-hydrogen) atoms. The third kappa shape index (κ3) is 3.94. The number of fused-ring (bicyclic) bond motifs is 2. The molecule has 2 atom stereocenters. The zero-order valence-corrected chi connectivity index (χ0v) is 17.4. The highest BCUT2D eigenvalue weighted by molar-refractivity contribution is 5.96. The van der Waals surface area contributed by atoms with Gasteiger partial charge in [0.1, 0.15) is 0 Å². The first-order valence-electron chi connectivity index (χ1n) is 10.6. The lowest BCUT2D eigenvalue weighted by molar-refractivity contribution is -0.154. The molecule has 2 unspecified atom stereocenters. The Balaban J connectivity index is 0.000000166. The predicted octanol–water partition coefficient (Wildman–Crippen LogP) is 3.63. The monoisotopic (exact) mass is 402 g/mol. The minimum absolute atomic E-state index is 0.124. The standard InChI is InChI=1S/C12H16O3.C11H14O3/c1-2-15-11(14)12-6-3-4-9(12)8-10(13)5-7-12;1-14-10(13)11-5-2-3-8(11)7-9(12)4-6-11/h8H,2-7H2,1H3;7H,2-6H2,1H3. The van der Waals surface area contributed by atoms with Crippen LogP contribution in [0.3, 0.4) is 0 Å². The molecule has 0 N–H and O–H groups in total. The van der Waals surface area contributed by atoms with E-state index in [0.29, 0.717) is 32.3 Å². The Morgan fingerprint density at radius 1 is 0.828 bits per heavy atom. The molecule has 0 aromatic rings. The molecule has 0 spiro atoms. The fraction of sp³-hybridized carbons (Fsp3) is 0.652. The zero-order chi connectivity index (χ0) is 21.1. The number of allylic oxidation sites excluding steroid dienone is 2. The average molecular weight is 402 g/mol. The lowest BCUT2D eigenvalue weighted by Crippen LogP contribution is -2.35. The van der Waals surface area contributed by atoms with E-state index in [2.05, 4.69) is 0 Å². The van der Waals surface area contributed by atoms with E-state index in [1.54, 1.807) is 12.2 Å². The van der Waals surface area contributed by atoms with Crippen LogP contribution in [-0.2, 0) is 28.7 Å².